The second-order valence-corrected chi connectivity index (χ2v) is 10.7. The Hall–Kier alpha value is -4.44. The van der Waals surface area contributed by atoms with Crippen molar-refractivity contribution in [3.63, 3.8) is 0 Å². The number of β-amino-alcohol motifs (C(OH)–C–C–N with tert-alkyl or cyclic N) is 1. The smallest absolute Gasteiger partial charge is 0.234 e. The van der Waals surface area contributed by atoms with Gasteiger partial charge in [-0.2, -0.15) is 0 Å². The second-order valence-electron chi connectivity index (χ2n) is 10.7. The molecule has 1 unspecified atom stereocenters. The van der Waals surface area contributed by atoms with Gasteiger partial charge in [0.05, 0.1) is 12.5 Å². The summed E-state index contributed by atoms with van der Waals surface area (Å²) in [6.07, 6.45) is 3.03. The van der Waals surface area contributed by atoms with Crippen LogP contribution in [0.5, 0.6) is 17.2 Å². The summed E-state index contributed by atoms with van der Waals surface area (Å²) in [5.41, 5.74) is 3.38. The number of amides is 1. The molecule has 43 heavy (non-hydrogen) atoms. The van der Waals surface area contributed by atoms with Crippen LogP contribution in [0.25, 0.3) is 12.2 Å². The summed E-state index contributed by atoms with van der Waals surface area (Å²) in [5.74, 6) is 2.43. The van der Waals surface area contributed by atoms with Gasteiger partial charge >= 0.3 is 0 Å². The van der Waals surface area contributed by atoms with Crippen molar-refractivity contribution >= 4 is 18.1 Å². The number of hydrogen-bond donors (Lipinski definition) is 1. The van der Waals surface area contributed by atoms with Gasteiger partial charge in [-0.05, 0) is 30.4 Å². The molecular formula is C34H35N3O6. The number of aromatic nitrogens is 1. The Balaban J connectivity index is 1.02. The highest BCUT2D eigenvalue weighted by molar-refractivity contribution is 5.89. The second kappa shape index (κ2) is 13.2. The monoisotopic (exact) mass is 581 g/mol. The number of para-hydroxylation sites is 3. The molecule has 0 aliphatic carbocycles. The van der Waals surface area contributed by atoms with Gasteiger partial charge < -0.3 is 28.7 Å². The van der Waals surface area contributed by atoms with Crippen molar-refractivity contribution < 1.29 is 28.6 Å². The fourth-order valence-corrected chi connectivity index (χ4v) is 5.59. The molecular weight excluding hydrogens is 546 g/mol. The highest BCUT2D eigenvalue weighted by Crippen LogP contribution is 2.44. The first-order chi connectivity index (χ1) is 21.1. The van der Waals surface area contributed by atoms with Crippen LogP contribution < -0.4 is 9.47 Å². The molecule has 0 bridgehead atoms. The number of piperazine rings is 1. The molecule has 1 fully saturated rings. The number of benzene rings is 3. The summed E-state index contributed by atoms with van der Waals surface area (Å²) in [4.78, 5) is 17.9. The van der Waals surface area contributed by atoms with E-state index in [1.165, 1.54) is 0 Å². The highest BCUT2D eigenvalue weighted by atomic mass is 16.5. The van der Waals surface area contributed by atoms with Gasteiger partial charge in [-0.15, -0.1) is 0 Å². The van der Waals surface area contributed by atoms with Crippen LogP contribution in [0.1, 0.15) is 34.1 Å². The SMILES string of the molecule is COCc1cc(C=Cc2ccccc2OCC(O)CN2CCN(C(=O)C3c4ccccc4Oc4ccccc43)CC2)on1. The maximum absolute atomic E-state index is 13.8. The number of carbonyl (C=O) groups is 1. The lowest BCUT2D eigenvalue weighted by molar-refractivity contribution is -0.134. The summed E-state index contributed by atoms with van der Waals surface area (Å²) in [6, 6.07) is 25.0. The third kappa shape index (κ3) is 6.64. The van der Waals surface area contributed by atoms with Crippen LogP contribution in [0.4, 0.5) is 0 Å². The lowest BCUT2D eigenvalue weighted by Crippen LogP contribution is -2.52. The molecule has 2 aliphatic rings. The average Bonchev–Trinajstić information content (AvgIpc) is 3.49. The van der Waals surface area contributed by atoms with Crippen LogP contribution in [-0.2, 0) is 16.1 Å². The molecule has 2 aliphatic heterocycles. The first kappa shape index (κ1) is 28.7. The van der Waals surface area contributed by atoms with Crippen molar-refractivity contribution in [1.29, 1.82) is 0 Å². The van der Waals surface area contributed by atoms with Crippen LogP contribution in [0.2, 0.25) is 0 Å². The number of hydrogen-bond acceptors (Lipinski definition) is 8. The van der Waals surface area contributed by atoms with Gasteiger partial charge in [0.2, 0.25) is 5.91 Å². The van der Waals surface area contributed by atoms with Crippen molar-refractivity contribution in [2.75, 3.05) is 46.4 Å². The topological polar surface area (TPSA) is 97.5 Å². The van der Waals surface area contributed by atoms with Crippen molar-refractivity contribution in [3.05, 3.63) is 107 Å². The van der Waals surface area contributed by atoms with Crippen LogP contribution >= 0.6 is 0 Å². The van der Waals surface area contributed by atoms with E-state index in [0.29, 0.717) is 50.8 Å². The quantitative estimate of drug-likeness (QED) is 0.285. The number of fused-ring (bicyclic) bond motifs is 2. The largest absolute Gasteiger partial charge is 0.490 e. The lowest BCUT2D eigenvalue weighted by Gasteiger charge is -2.38. The first-order valence-corrected chi connectivity index (χ1v) is 14.5. The predicted molar refractivity (Wildman–Crippen MR) is 162 cm³/mol. The maximum atomic E-state index is 13.8. The van der Waals surface area contributed by atoms with Crippen LogP contribution in [-0.4, -0.2) is 78.5 Å². The molecule has 1 aromatic heterocycles. The molecule has 1 amide bonds. The number of nitrogens with zero attached hydrogens (tertiary/aromatic N) is 3. The molecule has 6 rings (SSSR count). The number of carbonyl (C=O) groups excluding carboxylic acids is 1. The molecule has 1 saturated heterocycles. The predicted octanol–water partition coefficient (Wildman–Crippen LogP) is 4.81. The zero-order valence-electron chi connectivity index (χ0n) is 24.1. The zero-order chi connectivity index (χ0) is 29.6. The molecule has 0 saturated carbocycles. The number of methoxy groups -OCH3 is 1. The van der Waals surface area contributed by atoms with E-state index in [2.05, 4.69) is 10.1 Å². The first-order valence-electron chi connectivity index (χ1n) is 14.5. The Morgan fingerprint density at radius 3 is 2.37 bits per heavy atom. The molecule has 1 N–H and O–H groups in total. The van der Waals surface area contributed by atoms with Crippen molar-refractivity contribution in [1.82, 2.24) is 15.0 Å². The summed E-state index contributed by atoms with van der Waals surface area (Å²) >= 11 is 0. The Kier molecular flexibility index (Phi) is 8.83. The van der Waals surface area contributed by atoms with Gasteiger partial charge in [-0.1, -0.05) is 59.8 Å². The van der Waals surface area contributed by atoms with E-state index in [4.69, 9.17) is 18.7 Å². The minimum atomic E-state index is -0.681. The van der Waals surface area contributed by atoms with Crippen LogP contribution in [0, 0.1) is 0 Å². The summed E-state index contributed by atoms with van der Waals surface area (Å²) < 4.78 is 22.5. The van der Waals surface area contributed by atoms with Gasteiger partial charge in [0.25, 0.3) is 0 Å². The number of ether oxygens (including phenoxy) is 3. The van der Waals surface area contributed by atoms with Crippen molar-refractivity contribution in [3.8, 4) is 17.2 Å². The number of aliphatic hydroxyl groups excluding tert-OH is 1. The van der Waals surface area contributed by atoms with E-state index in [9.17, 15) is 9.90 Å². The van der Waals surface area contributed by atoms with Crippen molar-refractivity contribution in [2.24, 2.45) is 0 Å². The summed E-state index contributed by atoms with van der Waals surface area (Å²) in [6.45, 7) is 3.54. The Bertz CT molecular complexity index is 1530. The minimum Gasteiger partial charge on any atom is -0.490 e. The Morgan fingerprint density at radius 2 is 1.65 bits per heavy atom. The van der Waals surface area contributed by atoms with Crippen molar-refractivity contribution in [2.45, 2.75) is 18.6 Å². The standard InChI is InChI=1S/C34H35N3O6/c1-40-22-25-20-27(43-35-25)15-14-24-8-2-5-11-30(24)41-23-26(38)21-36-16-18-37(19-17-36)34(39)33-28-9-3-6-12-31(28)42-32-13-7-4-10-29(32)33/h2-15,20,26,33,38H,16-19,21-23H2,1H3. The van der Waals surface area contributed by atoms with Crippen LogP contribution in [0.3, 0.4) is 0 Å². The number of aliphatic hydroxyl groups is 1. The zero-order valence-corrected chi connectivity index (χ0v) is 24.1. The fraction of sp³-hybridized carbons (Fsp3) is 0.294. The summed E-state index contributed by atoms with van der Waals surface area (Å²) in [5, 5.41) is 14.8. The van der Waals surface area contributed by atoms with Gasteiger partial charge in [-0.25, -0.2) is 0 Å². The number of rotatable bonds is 10. The van der Waals surface area contributed by atoms with E-state index >= 15 is 0 Å². The normalized spacial score (nSPS) is 16.0. The average molecular weight is 582 g/mol. The maximum Gasteiger partial charge on any atom is 0.234 e. The Morgan fingerprint density at radius 1 is 0.977 bits per heavy atom. The van der Waals surface area contributed by atoms with Gasteiger partial charge in [-0.3, -0.25) is 9.69 Å². The fourth-order valence-electron chi connectivity index (χ4n) is 5.59. The van der Waals surface area contributed by atoms with E-state index < -0.39 is 12.0 Å². The Labute approximate surface area is 250 Å². The van der Waals surface area contributed by atoms with E-state index in [-0.39, 0.29) is 12.5 Å². The minimum absolute atomic E-state index is 0.0802. The highest BCUT2D eigenvalue weighted by Gasteiger charge is 2.36. The molecule has 3 heterocycles. The molecule has 4 aromatic rings. The van der Waals surface area contributed by atoms with E-state index in [0.717, 1.165) is 33.9 Å². The third-order valence-electron chi connectivity index (χ3n) is 7.73. The molecule has 1 atom stereocenters. The van der Waals surface area contributed by atoms with Crippen LogP contribution in [0.15, 0.2) is 83.4 Å². The summed E-state index contributed by atoms with van der Waals surface area (Å²) in [7, 11) is 1.61. The molecule has 0 spiro atoms. The molecule has 0 radical (unpaired) electrons. The molecule has 9 nitrogen and oxygen atoms in total. The molecule has 9 heteroatoms. The third-order valence-corrected chi connectivity index (χ3v) is 7.73. The van der Waals surface area contributed by atoms with Gasteiger partial charge in [0.1, 0.15) is 35.7 Å². The van der Waals surface area contributed by atoms with E-state index in [1.807, 2.05) is 95.9 Å². The van der Waals surface area contributed by atoms with Gasteiger partial charge in [0, 0.05) is 62.6 Å². The van der Waals surface area contributed by atoms with E-state index in [1.54, 1.807) is 7.11 Å². The van der Waals surface area contributed by atoms with Gasteiger partial charge in [0.15, 0.2) is 5.76 Å². The molecule has 3 aromatic carbocycles. The molecule has 222 valence electrons. The lowest BCUT2D eigenvalue weighted by atomic mass is 9.86.